The molecule has 0 atom stereocenters. The van der Waals surface area contributed by atoms with Crippen molar-refractivity contribution in [3.05, 3.63) is 68.0 Å². The zero-order valence-corrected chi connectivity index (χ0v) is 17.5. The first-order valence-corrected chi connectivity index (χ1v) is 14.3. The summed E-state index contributed by atoms with van der Waals surface area (Å²) in [4.78, 5) is 0. The van der Waals surface area contributed by atoms with Crippen LogP contribution in [0.4, 0.5) is 0 Å². The van der Waals surface area contributed by atoms with Crippen molar-refractivity contribution in [3.63, 3.8) is 0 Å². The third-order valence-corrected chi connectivity index (χ3v) is 7.41. The molecular formula is C18H28CrSi2-6. The average molecular weight is 353 g/mol. The Labute approximate surface area is 145 Å². The van der Waals surface area contributed by atoms with Crippen LogP contribution in [0.15, 0.2) is 30.3 Å². The maximum absolute atomic E-state index is 2.36. The Bertz CT molecular complexity index is 370. The van der Waals surface area contributed by atoms with E-state index in [0.717, 1.165) is 0 Å². The van der Waals surface area contributed by atoms with Crippen molar-refractivity contribution < 1.29 is 17.4 Å². The first-order chi connectivity index (χ1) is 9.21. The molecule has 0 nitrogen and oxygen atoms in total. The van der Waals surface area contributed by atoms with Crippen LogP contribution >= 0.6 is 0 Å². The Kier molecular flexibility index (Phi) is 9.44. The van der Waals surface area contributed by atoms with Crippen molar-refractivity contribution in [2.24, 2.45) is 0 Å². The monoisotopic (exact) mass is 352 g/mol. The number of hydrogen-bond donors (Lipinski definition) is 0. The predicted octanol–water partition coefficient (Wildman–Crippen LogP) is 4.70. The Morgan fingerprint density at radius 1 is 0.762 bits per heavy atom. The fraction of sp³-hybridized carbons (Fsp3) is 0.333. The van der Waals surface area contributed by atoms with E-state index in [-0.39, 0.29) is 17.4 Å². The van der Waals surface area contributed by atoms with Crippen molar-refractivity contribution in [1.82, 2.24) is 0 Å². The fourth-order valence-corrected chi connectivity index (χ4v) is 4.26. The minimum absolute atomic E-state index is 0. The van der Waals surface area contributed by atoms with E-state index < -0.39 is 16.1 Å². The van der Waals surface area contributed by atoms with Crippen LogP contribution in [0.3, 0.4) is 0 Å². The van der Waals surface area contributed by atoms with Gasteiger partial charge < -0.3 is 37.6 Å². The largest absolute Gasteiger partial charge is 0.726 e. The SMILES string of the molecule is C[Si](C)(C)[C-]1[CH-][CH-][CH-][CH-][CH-]1.C[Si](C)(C)c1ccccc1.[Cr]. The maximum Gasteiger partial charge on any atom is 0.0775 e. The molecule has 1 saturated carbocycles. The van der Waals surface area contributed by atoms with Crippen LogP contribution in [0, 0.1) is 37.6 Å². The molecule has 2 rings (SSSR count). The van der Waals surface area contributed by atoms with E-state index in [1.165, 1.54) is 10.7 Å². The van der Waals surface area contributed by atoms with Crippen LogP contribution in [-0.2, 0) is 17.4 Å². The molecule has 0 unspecified atom stereocenters. The molecule has 0 amide bonds. The molecule has 0 saturated heterocycles. The smallest absolute Gasteiger partial charge is 0.0775 e. The minimum Gasteiger partial charge on any atom is -0.726 e. The molecule has 21 heavy (non-hydrogen) atoms. The van der Waals surface area contributed by atoms with Gasteiger partial charge in [0.1, 0.15) is 0 Å². The van der Waals surface area contributed by atoms with Gasteiger partial charge in [0, 0.05) is 17.4 Å². The zero-order chi connectivity index (χ0) is 15.2. The summed E-state index contributed by atoms with van der Waals surface area (Å²) in [6.45, 7) is 14.2. The molecule has 0 aliphatic heterocycles. The second-order valence-corrected chi connectivity index (χ2v) is 17.4. The first-order valence-electron chi connectivity index (χ1n) is 7.32. The molecule has 120 valence electrons. The van der Waals surface area contributed by atoms with Gasteiger partial charge in [-0.3, -0.25) is 0 Å². The second-order valence-electron chi connectivity index (χ2n) is 7.23. The third kappa shape index (κ3) is 8.40. The maximum atomic E-state index is 2.36. The second kappa shape index (κ2) is 9.35. The summed E-state index contributed by atoms with van der Waals surface area (Å²) in [5, 5.41) is 1.54. The van der Waals surface area contributed by atoms with Gasteiger partial charge in [0.25, 0.3) is 0 Å². The molecule has 3 heteroatoms. The van der Waals surface area contributed by atoms with Crippen molar-refractivity contribution in [1.29, 1.82) is 0 Å². The quantitative estimate of drug-likeness (QED) is 0.534. The number of hydrogen-bond acceptors (Lipinski definition) is 0. The van der Waals surface area contributed by atoms with E-state index >= 15 is 0 Å². The third-order valence-electron chi connectivity index (χ3n) is 3.28. The Morgan fingerprint density at radius 2 is 1.24 bits per heavy atom. The van der Waals surface area contributed by atoms with Crippen molar-refractivity contribution in [2.75, 3.05) is 0 Å². The van der Waals surface area contributed by atoms with Gasteiger partial charge in [-0.15, -0.1) is 0 Å². The Morgan fingerprint density at radius 3 is 1.52 bits per heavy atom. The Hall–Kier alpha value is 0.186. The molecule has 0 N–H and O–H groups in total. The summed E-state index contributed by atoms with van der Waals surface area (Å²) < 4.78 is 0. The van der Waals surface area contributed by atoms with Crippen LogP contribution in [0.5, 0.6) is 0 Å². The summed E-state index contributed by atoms with van der Waals surface area (Å²) >= 11 is 0. The first kappa shape index (κ1) is 21.2. The molecule has 0 spiro atoms. The molecule has 1 aliphatic rings. The van der Waals surface area contributed by atoms with Gasteiger partial charge in [-0.05, 0) is 0 Å². The van der Waals surface area contributed by atoms with Crippen LogP contribution in [-0.4, -0.2) is 16.1 Å². The van der Waals surface area contributed by atoms with E-state index in [1.807, 2.05) is 0 Å². The van der Waals surface area contributed by atoms with Crippen molar-refractivity contribution in [3.8, 4) is 0 Å². The van der Waals surface area contributed by atoms with E-state index in [2.05, 4.69) is 102 Å². The summed E-state index contributed by atoms with van der Waals surface area (Å²) in [6, 6.07) is 10.8. The van der Waals surface area contributed by atoms with E-state index in [4.69, 9.17) is 0 Å². The molecule has 0 aromatic heterocycles. The van der Waals surface area contributed by atoms with E-state index in [9.17, 15) is 0 Å². The average Bonchev–Trinajstić information content (AvgIpc) is 2.40. The number of rotatable bonds is 2. The van der Waals surface area contributed by atoms with Crippen LogP contribution in [0.25, 0.3) is 0 Å². The van der Waals surface area contributed by atoms with Gasteiger partial charge in [0.05, 0.1) is 8.07 Å². The van der Waals surface area contributed by atoms with Gasteiger partial charge >= 0.3 is 0 Å². The van der Waals surface area contributed by atoms with E-state index in [0.29, 0.717) is 0 Å². The van der Waals surface area contributed by atoms with E-state index in [1.54, 1.807) is 0 Å². The van der Waals surface area contributed by atoms with Gasteiger partial charge in [0.2, 0.25) is 0 Å². The van der Waals surface area contributed by atoms with Gasteiger partial charge in [-0.2, -0.15) is 8.07 Å². The Balaban J connectivity index is 0.000000364. The molecule has 1 fully saturated rings. The molecule has 0 bridgehead atoms. The molecule has 0 radical (unpaired) electrons. The van der Waals surface area contributed by atoms with Gasteiger partial charge in [0.15, 0.2) is 0 Å². The normalized spacial score (nSPS) is 16.5. The summed E-state index contributed by atoms with van der Waals surface area (Å²) in [7, 11) is -2.07. The molecule has 1 aliphatic carbocycles. The van der Waals surface area contributed by atoms with Crippen molar-refractivity contribution >= 4 is 21.3 Å². The zero-order valence-electron chi connectivity index (χ0n) is 14.2. The standard InChI is InChI=1S/2C9H14Si.Cr/c2*1-10(2,3)9-7-5-4-6-8-9;/h2*4-8H,1-3H3;/q;-6;. The van der Waals surface area contributed by atoms with Gasteiger partial charge in [-0.25, -0.2) is 0 Å². The minimum atomic E-state index is -1.03. The van der Waals surface area contributed by atoms with Gasteiger partial charge in [-0.1, -0.05) is 74.8 Å². The predicted molar refractivity (Wildman–Crippen MR) is 97.5 cm³/mol. The summed E-state index contributed by atoms with van der Waals surface area (Å²) in [5.74, 6) is 0. The molecule has 0 heterocycles. The van der Waals surface area contributed by atoms with Crippen LogP contribution in [0.1, 0.15) is 0 Å². The number of benzene rings is 1. The molecule has 1 aromatic rings. The van der Waals surface area contributed by atoms with Crippen LogP contribution in [0.2, 0.25) is 39.3 Å². The summed E-state index contributed by atoms with van der Waals surface area (Å²) in [5.41, 5.74) is 1.54. The van der Waals surface area contributed by atoms with Crippen LogP contribution < -0.4 is 5.19 Å². The molecule has 1 aromatic carbocycles. The fourth-order valence-electron chi connectivity index (χ4n) is 1.88. The molecular weight excluding hydrogens is 324 g/mol. The topological polar surface area (TPSA) is 0 Å². The summed E-state index contributed by atoms with van der Waals surface area (Å²) in [6.07, 6.45) is 10.8. The van der Waals surface area contributed by atoms with Crippen molar-refractivity contribution in [2.45, 2.75) is 39.3 Å².